The van der Waals surface area contributed by atoms with Crippen molar-refractivity contribution in [2.75, 3.05) is 4.90 Å². The molecule has 1 aromatic rings. The first-order valence-electron chi connectivity index (χ1n) is 8.59. The van der Waals surface area contributed by atoms with E-state index in [9.17, 15) is 13.2 Å². The summed E-state index contributed by atoms with van der Waals surface area (Å²) in [6.07, 6.45) is 2.25. The van der Waals surface area contributed by atoms with Gasteiger partial charge in [0.05, 0.1) is 10.1 Å². The van der Waals surface area contributed by atoms with Gasteiger partial charge in [-0.05, 0) is 62.3 Å². The van der Waals surface area contributed by atoms with Gasteiger partial charge in [-0.15, -0.1) is 0 Å². The smallest absolute Gasteiger partial charge is 0.224 e. The van der Waals surface area contributed by atoms with E-state index in [1.54, 1.807) is 39.0 Å². The van der Waals surface area contributed by atoms with E-state index < -0.39 is 15.1 Å². The summed E-state index contributed by atoms with van der Waals surface area (Å²) in [5, 5.41) is -0.490. The second-order valence-corrected chi connectivity index (χ2v) is 9.92. The molecular weight excluding hydrogens is 324 g/mol. The van der Waals surface area contributed by atoms with Crippen LogP contribution in [-0.2, 0) is 14.6 Å². The first kappa shape index (κ1) is 17.4. The third kappa shape index (κ3) is 2.65. The Balaban J connectivity index is 2.14. The van der Waals surface area contributed by atoms with Crippen molar-refractivity contribution in [3.63, 3.8) is 0 Å². The van der Waals surface area contributed by atoms with Gasteiger partial charge in [-0.1, -0.05) is 6.92 Å². The predicted molar refractivity (Wildman–Crippen MR) is 94.5 cm³/mol. The van der Waals surface area contributed by atoms with Crippen LogP contribution in [0.1, 0.15) is 52.1 Å². The van der Waals surface area contributed by atoms with Crippen LogP contribution in [0.4, 0.5) is 5.69 Å². The molecule has 0 radical (unpaired) electrons. The Morgan fingerprint density at radius 3 is 2.42 bits per heavy atom. The highest BCUT2D eigenvalue weighted by Gasteiger charge is 2.46. The first-order chi connectivity index (χ1) is 11.2. The summed E-state index contributed by atoms with van der Waals surface area (Å²) < 4.78 is 25.0. The lowest BCUT2D eigenvalue weighted by Gasteiger charge is -2.44. The van der Waals surface area contributed by atoms with Gasteiger partial charge in [0.15, 0.2) is 9.84 Å². The van der Waals surface area contributed by atoms with Gasteiger partial charge in [-0.25, -0.2) is 8.42 Å². The molecule has 0 saturated heterocycles. The number of nitrogens with zero attached hydrogens (tertiary/aromatic N) is 1. The normalized spacial score (nSPS) is 27.2. The third-order valence-electron chi connectivity index (χ3n) is 5.41. The number of carbonyl (C=O) groups is 1. The van der Waals surface area contributed by atoms with E-state index in [4.69, 9.17) is 5.73 Å². The fourth-order valence-electron chi connectivity index (χ4n) is 3.82. The number of sulfone groups is 1. The monoisotopic (exact) mass is 350 g/mol. The van der Waals surface area contributed by atoms with E-state index in [0.29, 0.717) is 5.92 Å². The molecule has 1 amide bonds. The fourth-order valence-corrected chi connectivity index (χ4v) is 4.91. The van der Waals surface area contributed by atoms with Crippen molar-refractivity contribution < 1.29 is 13.2 Å². The van der Waals surface area contributed by atoms with Crippen molar-refractivity contribution in [3.05, 3.63) is 23.8 Å². The van der Waals surface area contributed by atoms with E-state index >= 15 is 0 Å². The van der Waals surface area contributed by atoms with Gasteiger partial charge in [-0.2, -0.15) is 0 Å². The Labute approximate surface area is 144 Å². The zero-order valence-electron chi connectivity index (χ0n) is 14.7. The summed E-state index contributed by atoms with van der Waals surface area (Å²) >= 11 is 0. The van der Waals surface area contributed by atoms with Gasteiger partial charge in [0.25, 0.3) is 0 Å². The van der Waals surface area contributed by atoms with E-state index in [1.165, 1.54) is 0 Å². The van der Waals surface area contributed by atoms with Crippen LogP contribution in [0.15, 0.2) is 23.1 Å². The largest absolute Gasteiger partial charge is 0.324 e. The minimum atomic E-state index is -3.37. The highest BCUT2D eigenvalue weighted by Crippen LogP contribution is 2.48. The maximum atomic E-state index is 12.5. The van der Waals surface area contributed by atoms with Crippen LogP contribution in [0.3, 0.4) is 0 Å². The molecule has 24 heavy (non-hydrogen) atoms. The van der Waals surface area contributed by atoms with E-state index in [-0.39, 0.29) is 28.8 Å². The Bertz CT molecular complexity index is 768. The molecule has 5 nitrogen and oxygen atoms in total. The maximum Gasteiger partial charge on any atom is 0.224 e. The van der Waals surface area contributed by atoms with Crippen molar-refractivity contribution >= 4 is 21.4 Å². The quantitative estimate of drug-likeness (QED) is 0.909. The average molecular weight is 350 g/mol. The average Bonchev–Trinajstić information content (AvgIpc) is 3.34. The van der Waals surface area contributed by atoms with Crippen LogP contribution in [0.2, 0.25) is 0 Å². The van der Waals surface area contributed by atoms with E-state index in [0.717, 1.165) is 24.1 Å². The topological polar surface area (TPSA) is 80.5 Å². The fraction of sp³-hybridized carbons (Fsp3) is 0.611. The van der Waals surface area contributed by atoms with Crippen molar-refractivity contribution in [1.82, 2.24) is 0 Å². The first-order valence-corrected chi connectivity index (χ1v) is 10.1. The lowest BCUT2D eigenvalue weighted by atomic mass is 9.80. The summed E-state index contributed by atoms with van der Waals surface area (Å²) in [5.41, 5.74) is 8.00. The Kier molecular flexibility index (Phi) is 4.24. The Hall–Kier alpha value is -1.40. The highest BCUT2D eigenvalue weighted by atomic mass is 32.2. The predicted octanol–water partition coefficient (Wildman–Crippen LogP) is 2.65. The Morgan fingerprint density at radius 1 is 1.29 bits per heavy atom. The van der Waals surface area contributed by atoms with Gasteiger partial charge in [0.1, 0.15) is 0 Å². The van der Waals surface area contributed by atoms with Gasteiger partial charge in [0, 0.05) is 24.7 Å². The molecule has 1 aliphatic heterocycles. The van der Waals surface area contributed by atoms with Crippen LogP contribution < -0.4 is 10.6 Å². The Morgan fingerprint density at radius 2 is 1.92 bits per heavy atom. The van der Waals surface area contributed by atoms with Gasteiger partial charge < -0.3 is 10.6 Å². The zero-order valence-corrected chi connectivity index (χ0v) is 15.5. The molecule has 3 atom stereocenters. The molecule has 2 aliphatic rings. The number of nitrogens with two attached hydrogens (primary N) is 1. The molecule has 3 rings (SSSR count). The van der Waals surface area contributed by atoms with Crippen LogP contribution in [0, 0.1) is 11.8 Å². The third-order valence-corrected chi connectivity index (χ3v) is 7.57. The summed E-state index contributed by atoms with van der Waals surface area (Å²) in [6, 6.07) is 4.88. The summed E-state index contributed by atoms with van der Waals surface area (Å²) in [4.78, 5) is 14.4. The number of amides is 1. The second kappa shape index (κ2) is 5.85. The molecule has 1 aromatic carbocycles. The minimum Gasteiger partial charge on any atom is -0.324 e. The number of carbonyl (C=O) groups excluding carboxylic acids is 1. The SMILES string of the molecule is CC(=O)N1c2ccc(S(=O)(=O)C(C)C)cc2[C@H](N)[C@@H](C)[C@@H]1C1CC1. The van der Waals surface area contributed by atoms with Gasteiger partial charge in [0.2, 0.25) is 5.91 Å². The number of fused-ring (bicyclic) bond motifs is 1. The molecule has 6 heteroatoms. The lowest BCUT2D eigenvalue weighted by molar-refractivity contribution is -0.117. The van der Waals surface area contributed by atoms with Crippen LogP contribution in [0.5, 0.6) is 0 Å². The molecule has 1 saturated carbocycles. The molecule has 2 N–H and O–H groups in total. The van der Waals surface area contributed by atoms with Crippen LogP contribution in [-0.4, -0.2) is 25.6 Å². The minimum absolute atomic E-state index is 0.00799. The second-order valence-electron chi connectivity index (χ2n) is 7.42. The maximum absolute atomic E-state index is 12.5. The summed E-state index contributed by atoms with van der Waals surface area (Å²) in [5.74, 6) is 0.597. The molecule has 0 unspecified atom stereocenters. The number of hydrogen-bond acceptors (Lipinski definition) is 4. The van der Waals surface area contributed by atoms with Crippen molar-refractivity contribution in [2.24, 2.45) is 17.6 Å². The van der Waals surface area contributed by atoms with Crippen molar-refractivity contribution in [3.8, 4) is 0 Å². The molecule has 1 fully saturated rings. The number of benzene rings is 1. The summed E-state index contributed by atoms with van der Waals surface area (Å²) in [6.45, 7) is 6.97. The van der Waals surface area contributed by atoms with Gasteiger partial charge in [-0.3, -0.25) is 4.79 Å². The molecule has 0 bridgehead atoms. The van der Waals surface area contributed by atoms with Gasteiger partial charge >= 0.3 is 0 Å². The lowest BCUT2D eigenvalue weighted by Crippen LogP contribution is -2.51. The molecule has 0 spiro atoms. The molecule has 1 aliphatic carbocycles. The van der Waals surface area contributed by atoms with E-state index in [1.807, 2.05) is 4.90 Å². The summed E-state index contributed by atoms with van der Waals surface area (Å²) in [7, 11) is -3.37. The van der Waals surface area contributed by atoms with Crippen LogP contribution >= 0.6 is 0 Å². The number of anilines is 1. The molecule has 1 heterocycles. The standard InChI is InChI=1S/C18H26N2O3S/c1-10(2)24(22,23)14-7-8-16-15(9-14)17(19)11(3)18(13-5-6-13)20(16)12(4)21/h7-11,13,17-18H,5-6,19H2,1-4H3/t11-,17-,18-/m1/s1. The van der Waals surface area contributed by atoms with Crippen molar-refractivity contribution in [2.45, 2.75) is 62.8 Å². The molecule has 132 valence electrons. The number of rotatable bonds is 3. The van der Waals surface area contributed by atoms with E-state index in [2.05, 4.69) is 6.92 Å². The molecule has 0 aromatic heterocycles. The number of hydrogen-bond donors (Lipinski definition) is 1. The molecular formula is C18H26N2O3S. The zero-order chi connectivity index (χ0) is 17.8. The van der Waals surface area contributed by atoms with Crippen LogP contribution in [0.25, 0.3) is 0 Å². The highest BCUT2D eigenvalue weighted by molar-refractivity contribution is 7.92. The van der Waals surface area contributed by atoms with Crippen molar-refractivity contribution in [1.29, 1.82) is 0 Å².